The molecule has 4 nitrogen and oxygen atoms in total. The molecule has 1 amide bonds. The van der Waals surface area contributed by atoms with Crippen molar-refractivity contribution < 1.29 is 9.90 Å². The monoisotopic (exact) mass is 302 g/mol. The number of fused-ring (bicyclic) bond motifs is 1. The summed E-state index contributed by atoms with van der Waals surface area (Å²) >= 11 is 0. The molecule has 1 saturated carbocycles. The average Bonchev–Trinajstić information content (AvgIpc) is 2.51. The summed E-state index contributed by atoms with van der Waals surface area (Å²) < 4.78 is 0. The van der Waals surface area contributed by atoms with Gasteiger partial charge in [0, 0.05) is 18.2 Å². The van der Waals surface area contributed by atoms with Gasteiger partial charge >= 0.3 is 0 Å². The third kappa shape index (κ3) is 3.18. The van der Waals surface area contributed by atoms with Crippen LogP contribution >= 0.6 is 0 Å². The first-order valence-corrected chi connectivity index (χ1v) is 8.46. The molecule has 3 rings (SSSR count). The molecule has 1 fully saturated rings. The lowest BCUT2D eigenvalue weighted by atomic mass is 9.78. The highest BCUT2D eigenvalue weighted by Crippen LogP contribution is 2.32. The Morgan fingerprint density at radius 3 is 2.91 bits per heavy atom. The van der Waals surface area contributed by atoms with Gasteiger partial charge in [-0.05, 0) is 80.2 Å². The van der Waals surface area contributed by atoms with E-state index in [2.05, 4.69) is 11.4 Å². The van der Waals surface area contributed by atoms with Crippen LogP contribution in [0.15, 0.2) is 18.2 Å². The second-order valence-electron chi connectivity index (χ2n) is 6.76. The SMILES string of the molecule is NCC1CCCc2ccc(C(=O)NC3CC(CCO)C3)cc21. The standard InChI is InChI=1S/C18H26N2O2/c19-11-15-3-1-2-13-4-5-14(10-17(13)15)18(22)20-16-8-12(9-16)6-7-21/h4-5,10,12,15-16,21H,1-3,6-9,11,19H2,(H,20,22). The molecule has 4 heteroatoms. The lowest BCUT2D eigenvalue weighted by Gasteiger charge is -2.35. The molecule has 0 aliphatic heterocycles. The van der Waals surface area contributed by atoms with Gasteiger partial charge in [0.25, 0.3) is 5.91 Å². The maximum absolute atomic E-state index is 12.4. The van der Waals surface area contributed by atoms with Crippen LogP contribution in [0.25, 0.3) is 0 Å². The highest BCUT2D eigenvalue weighted by molar-refractivity contribution is 5.94. The second-order valence-corrected chi connectivity index (χ2v) is 6.76. The zero-order chi connectivity index (χ0) is 15.5. The summed E-state index contributed by atoms with van der Waals surface area (Å²) in [6.45, 7) is 0.903. The Balaban J connectivity index is 1.64. The number of aryl methyl sites for hydroxylation is 1. The van der Waals surface area contributed by atoms with Crippen molar-refractivity contribution in [3.8, 4) is 0 Å². The van der Waals surface area contributed by atoms with Gasteiger partial charge in [0.1, 0.15) is 0 Å². The van der Waals surface area contributed by atoms with Crippen molar-refractivity contribution >= 4 is 5.91 Å². The number of nitrogens with two attached hydrogens (primary N) is 1. The molecule has 120 valence electrons. The number of benzene rings is 1. The van der Waals surface area contributed by atoms with Crippen molar-refractivity contribution in [2.45, 2.75) is 50.5 Å². The molecule has 0 radical (unpaired) electrons. The summed E-state index contributed by atoms with van der Waals surface area (Å²) in [5.74, 6) is 0.992. The number of amides is 1. The van der Waals surface area contributed by atoms with Crippen LogP contribution in [0.3, 0.4) is 0 Å². The van der Waals surface area contributed by atoms with E-state index < -0.39 is 0 Å². The fraction of sp³-hybridized carbons (Fsp3) is 0.611. The van der Waals surface area contributed by atoms with Gasteiger partial charge < -0.3 is 16.2 Å². The molecule has 0 heterocycles. The topological polar surface area (TPSA) is 75.4 Å². The molecule has 4 N–H and O–H groups in total. The lowest BCUT2D eigenvalue weighted by Crippen LogP contribution is -2.44. The minimum Gasteiger partial charge on any atom is -0.396 e. The Morgan fingerprint density at radius 2 is 2.18 bits per heavy atom. The number of hydrogen-bond donors (Lipinski definition) is 3. The Morgan fingerprint density at radius 1 is 1.36 bits per heavy atom. The van der Waals surface area contributed by atoms with Crippen LogP contribution < -0.4 is 11.1 Å². The molecule has 1 atom stereocenters. The zero-order valence-electron chi connectivity index (χ0n) is 13.1. The summed E-state index contributed by atoms with van der Waals surface area (Å²) in [5, 5.41) is 12.0. The molecular weight excluding hydrogens is 276 g/mol. The van der Waals surface area contributed by atoms with E-state index in [9.17, 15) is 4.79 Å². The van der Waals surface area contributed by atoms with Crippen molar-refractivity contribution in [1.29, 1.82) is 0 Å². The summed E-state index contributed by atoms with van der Waals surface area (Å²) in [7, 11) is 0. The van der Waals surface area contributed by atoms with Crippen molar-refractivity contribution in [2.24, 2.45) is 11.7 Å². The highest BCUT2D eigenvalue weighted by atomic mass is 16.3. The summed E-state index contributed by atoms with van der Waals surface area (Å²) in [5.41, 5.74) is 9.26. The number of hydrogen-bond acceptors (Lipinski definition) is 3. The van der Waals surface area contributed by atoms with E-state index in [0.717, 1.165) is 37.7 Å². The minimum absolute atomic E-state index is 0.0246. The molecule has 1 aromatic rings. The van der Waals surface area contributed by atoms with Gasteiger partial charge in [-0.2, -0.15) is 0 Å². The van der Waals surface area contributed by atoms with Crippen LogP contribution in [0, 0.1) is 5.92 Å². The van der Waals surface area contributed by atoms with Crippen molar-refractivity contribution in [1.82, 2.24) is 5.32 Å². The van der Waals surface area contributed by atoms with Gasteiger partial charge in [0.2, 0.25) is 0 Å². The molecular formula is C18H26N2O2. The third-order valence-electron chi connectivity index (χ3n) is 5.24. The third-order valence-corrected chi connectivity index (χ3v) is 5.24. The molecule has 0 saturated heterocycles. The van der Waals surface area contributed by atoms with Crippen LogP contribution in [-0.2, 0) is 6.42 Å². The molecule has 2 aliphatic carbocycles. The predicted molar refractivity (Wildman–Crippen MR) is 86.9 cm³/mol. The molecule has 0 spiro atoms. The quantitative estimate of drug-likeness (QED) is 0.778. The van der Waals surface area contributed by atoms with Gasteiger partial charge in [-0.1, -0.05) is 6.07 Å². The molecule has 1 unspecified atom stereocenters. The maximum Gasteiger partial charge on any atom is 0.251 e. The molecule has 0 aromatic heterocycles. The van der Waals surface area contributed by atoms with E-state index in [1.54, 1.807) is 0 Å². The Kier molecular flexibility index (Phi) is 4.79. The number of rotatable bonds is 5. The van der Waals surface area contributed by atoms with Crippen LogP contribution in [-0.4, -0.2) is 30.2 Å². The second kappa shape index (κ2) is 6.80. The fourth-order valence-corrected chi connectivity index (χ4v) is 3.82. The van der Waals surface area contributed by atoms with Crippen molar-refractivity contribution in [2.75, 3.05) is 13.2 Å². The van der Waals surface area contributed by atoms with E-state index in [1.165, 1.54) is 17.5 Å². The van der Waals surface area contributed by atoms with E-state index in [4.69, 9.17) is 10.8 Å². The maximum atomic E-state index is 12.4. The summed E-state index contributed by atoms with van der Waals surface area (Å²) in [4.78, 5) is 12.4. The van der Waals surface area contributed by atoms with E-state index in [1.807, 2.05) is 12.1 Å². The molecule has 2 aliphatic rings. The fourth-order valence-electron chi connectivity index (χ4n) is 3.82. The van der Waals surface area contributed by atoms with Gasteiger partial charge in [0.15, 0.2) is 0 Å². The minimum atomic E-state index is 0.0246. The average molecular weight is 302 g/mol. The van der Waals surface area contributed by atoms with Crippen LogP contribution in [0.1, 0.15) is 59.5 Å². The van der Waals surface area contributed by atoms with E-state index in [-0.39, 0.29) is 18.6 Å². The lowest BCUT2D eigenvalue weighted by molar-refractivity contribution is 0.0874. The first kappa shape index (κ1) is 15.5. The van der Waals surface area contributed by atoms with Crippen LogP contribution in [0.5, 0.6) is 0 Å². The molecule has 22 heavy (non-hydrogen) atoms. The number of carbonyl (C=O) groups is 1. The highest BCUT2D eigenvalue weighted by Gasteiger charge is 2.30. The van der Waals surface area contributed by atoms with Gasteiger partial charge in [-0.25, -0.2) is 0 Å². The van der Waals surface area contributed by atoms with Gasteiger partial charge in [0.05, 0.1) is 0 Å². The van der Waals surface area contributed by atoms with Gasteiger partial charge in [-0.15, -0.1) is 0 Å². The first-order chi connectivity index (χ1) is 10.7. The van der Waals surface area contributed by atoms with Gasteiger partial charge in [-0.3, -0.25) is 4.79 Å². The molecule has 0 bridgehead atoms. The van der Waals surface area contributed by atoms with E-state index >= 15 is 0 Å². The van der Waals surface area contributed by atoms with Crippen LogP contribution in [0.2, 0.25) is 0 Å². The predicted octanol–water partition coefficient (Wildman–Crippen LogP) is 1.96. The summed E-state index contributed by atoms with van der Waals surface area (Å²) in [6, 6.07) is 6.36. The first-order valence-electron chi connectivity index (χ1n) is 8.46. The number of carbonyl (C=O) groups excluding carboxylic acids is 1. The zero-order valence-corrected chi connectivity index (χ0v) is 13.1. The van der Waals surface area contributed by atoms with E-state index in [0.29, 0.717) is 18.4 Å². The van der Waals surface area contributed by atoms with Crippen LogP contribution in [0.4, 0.5) is 0 Å². The van der Waals surface area contributed by atoms with Crippen molar-refractivity contribution in [3.63, 3.8) is 0 Å². The summed E-state index contributed by atoms with van der Waals surface area (Å²) in [6.07, 6.45) is 6.24. The number of aliphatic hydroxyl groups is 1. The number of aliphatic hydroxyl groups excluding tert-OH is 1. The Hall–Kier alpha value is -1.39. The Bertz CT molecular complexity index is 538. The number of nitrogens with one attached hydrogen (secondary N) is 1. The molecule has 1 aromatic carbocycles. The van der Waals surface area contributed by atoms with Crippen molar-refractivity contribution in [3.05, 3.63) is 34.9 Å². The smallest absolute Gasteiger partial charge is 0.251 e. The Labute approximate surface area is 132 Å². The normalized spacial score (nSPS) is 26.9. The largest absolute Gasteiger partial charge is 0.396 e.